The van der Waals surface area contributed by atoms with Gasteiger partial charge >= 0.3 is 11.7 Å². The van der Waals surface area contributed by atoms with E-state index in [0.29, 0.717) is 16.3 Å². The van der Waals surface area contributed by atoms with Gasteiger partial charge < -0.3 is 5.11 Å². The van der Waals surface area contributed by atoms with Crippen molar-refractivity contribution >= 4 is 27.5 Å². The molecule has 0 amide bonds. The molecule has 1 unspecified atom stereocenters. The Morgan fingerprint density at radius 2 is 1.82 bits per heavy atom. The largest absolute Gasteiger partial charge is 0.478 e. The molecule has 0 aliphatic carbocycles. The van der Waals surface area contributed by atoms with Crippen LogP contribution in [0.4, 0.5) is 0 Å². The van der Waals surface area contributed by atoms with E-state index < -0.39 is 23.1 Å². The summed E-state index contributed by atoms with van der Waals surface area (Å²) in [7, 11) is 1.39. The van der Waals surface area contributed by atoms with E-state index in [4.69, 9.17) is 0 Å². The lowest BCUT2D eigenvalue weighted by molar-refractivity contribution is 0.0698. The van der Waals surface area contributed by atoms with Crippen molar-refractivity contribution in [3.63, 3.8) is 0 Å². The van der Waals surface area contributed by atoms with Gasteiger partial charge in [-0.3, -0.25) is 19.0 Å². The number of nitrogens with zero attached hydrogens (tertiary/aromatic N) is 3. The third-order valence-corrected chi connectivity index (χ3v) is 6.93. The van der Waals surface area contributed by atoms with Crippen molar-refractivity contribution in [2.24, 2.45) is 13.0 Å². The van der Waals surface area contributed by atoms with E-state index in [1.54, 1.807) is 12.4 Å². The zero-order valence-electron chi connectivity index (χ0n) is 19.2. The molecule has 172 valence electrons. The molecule has 8 nitrogen and oxygen atoms in total. The molecule has 4 aromatic rings. The van der Waals surface area contributed by atoms with Gasteiger partial charge in [-0.15, -0.1) is 11.3 Å². The SMILES string of the molecule is Cc1cc(C)cc(C(c2cn[nH]c2)c2sc3c(c2C(=O)O)c(=O)n(C)c(=O)n3CC(C)C)c1. The van der Waals surface area contributed by atoms with Crippen molar-refractivity contribution < 1.29 is 9.90 Å². The Labute approximate surface area is 194 Å². The summed E-state index contributed by atoms with van der Waals surface area (Å²) in [5.41, 5.74) is 2.67. The fourth-order valence-electron chi connectivity index (χ4n) is 4.38. The number of H-pyrrole nitrogens is 1. The summed E-state index contributed by atoms with van der Waals surface area (Å²) in [4.78, 5) is 39.6. The zero-order valence-corrected chi connectivity index (χ0v) is 20.0. The highest BCUT2D eigenvalue weighted by Gasteiger charge is 2.31. The summed E-state index contributed by atoms with van der Waals surface area (Å²) in [6.45, 7) is 8.30. The minimum atomic E-state index is -1.19. The van der Waals surface area contributed by atoms with E-state index in [-0.39, 0.29) is 16.9 Å². The highest BCUT2D eigenvalue weighted by molar-refractivity contribution is 7.19. The first-order chi connectivity index (χ1) is 15.6. The number of hydrogen-bond acceptors (Lipinski definition) is 5. The molecule has 0 radical (unpaired) electrons. The van der Waals surface area contributed by atoms with Crippen molar-refractivity contribution in [3.8, 4) is 0 Å². The molecule has 0 aliphatic rings. The van der Waals surface area contributed by atoms with Crippen molar-refractivity contribution in [1.82, 2.24) is 19.3 Å². The summed E-state index contributed by atoms with van der Waals surface area (Å²) < 4.78 is 2.52. The number of fused-ring (bicyclic) bond motifs is 1. The van der Waals surface area contributed by atoms with Gasteiger partial charge in [-0.25, -0.2) is 9.59 Å². The molecule has 0 fully saturated rings. The zero-order chi connectivity index (χ0) is 24.0. The van der Waals surface area contributed by atoms with Crippen LogP contribution in [0, 0.1) is 19.8 Å². The predicted octanol–water partition coefficient (Wildman–Crippen LogP) is 3.64. The standard InChI is InChI=1S/C24H26N4O4S/c1-12(2)11-28-22-19(21(29)27(5)24(28)32)18(23(30)31)20(33-22)17(16-9-25-26-10-16)15-7-13(3)6-14(4)8-15/h6-10,12,17H,11H2,1-5H3,(H,25,26)(H,30,31). The van der Waals surface area contributed by atoms with E-state index in [1.807, 2.05) is 39.8 Å². The van der Waals surface area contributed by atoms with Crippen LogP contribution in [0.15, 0.2) is 40.2 Å². The number of aromatic nitrogens is 4. The summed E-state index contributed by atoms with van der Waals surface area (Å²) in [6.07, 6.45) is 3.40. The highest BCUT2D eigenvalue weighted by Crippen LogP contribution is 2.41. The van der Waals surface area contributed by atoms with Crippen LogP contribution in [0.25, 0.3) is 10.2 Å². The Morgan fingerprint density at radius 3 is 2.36 bits per heavy atom. The van der Waals surface area contributed by atoms with Crippen LogP contribution in [-0.2, 0) is 13.6 Å². The van der Waals surface area contributed by atoms with Crippen molar-refractivity contribution in [1.29, 1.82) is 0 Å². The predicted molar refractivity (Wildman–Crippen MR) is 129 cm³/mol. The van der Waals surface area contributed by atoms with Gasteiger partial charge in [0.05, 0.1) is 17.1 Å². The topological polar surface area (TPSA) is 110 Å². The maximum absolute atomic E-state index is 13.2. The van der Waals surface area contributed by atoms with Crippen LogP contribution in [0.2, 0.25) is 0 Å². The number of nitrogens with one attached hydrogen (secondary N) is 1. The van der Waals surface area contributed by atoms with Gasteiger partial charge in [0, 0.05) is 36.1 Å². The molecule has 2 N–H and O–H groups in total. The number of aromatic amines is 1. The molecule has 0 aliphatic heterocycles. The third kappa shape index (κ3) is 3.93. The van der Waals surface area contributed by atoms with Gasteiger partial charge in [-0.2, -0.15) is 5.10 Å². The first-order valence-corrected chi connectivity index (χ1v) is 11.5. The summed E-state index contributed by atoms with van der Waals surface area (Å²) in [5.74, 6) is -1.52. The lowest BCUT2D eigenvalue weighted by atomic mass is 9.88. The summed E-state index contributed by atoms with van der Waals surface area (Å²) in [6, 6.07) is 6.08. The van der Waals surface area contributed by atoms with Crippen LogP contribution >= 0.6 is 11.3 Å². The molecule has 0 saturated carbocycles. The Kier molecular flexibility index (Phi) is 5.84. The number of carbonyl (C=O) groups is 1. The normalized spacial score (nSPS) is 12.5. The van der Waals surface area contributed by atoms with Crippen LogP contribution in [0.5, 0.6) is 0 Å². The monoisotopic (exact) mass is 466 g/mol. The third-order valence-electron chi connectivity index (χ3n) is 5.65. The molecular weight excluding hydrogens is 440 g/mol. The van der Waals surface area contributed by atoms with Crippen molar-refractivity contribution in [2.75, 3.05) is 0 Å². The van der Waals surface area contributed by atoms with Crippen molar-refractivity contribution in [2.45, 2.75) is 40.2 Å². The number of carboxylic acid groups (broad SMARTS) is 1. The van der Waals surface area contributed by atoms with Gasteiger partial charge in [-0.1, -0.05) is 43.2 Å². The first-order valence-electron chi connectivity index (χ1n) is 10.7. The van der Waals surface area contributed by atoms with E-state index >= 15 is 0 Å². The molecule has 1 aromatic carbocycles. The summed E-state index contributed by atoms with van der Waals surface area (Å²) >= 11 is 1.20. The molecule has 0 saturated heterocycles. The quantitative estimate of drug-likeness (QED) is 0.451. The number of benzene rings is 1. The average molecular weight is 467 g/mol. The minimum absolute atomic E-state index is 0.0570. The lowest BCUT2D eigenvalue weighted by Gasteiger charge is -2.17. The van der Waals surface area contributed by atoms with E-state index in [2.05, 4.69) is 16.3 Å². The Bertz CT molecular complexity index is 1450. The van der Waals surface area contributed by atoms with Gasteiger partial charge in [0.2, 0.25) is 0 Å². The number of hydrogen-bond donors (Lipinski definition) is 2. The maximum Gasteiger partial charge on any atom is 0.337 e. The van der Waals surface area contributed by atoms with Crippen LogP contribution in [0.3, 0.4) is 0 Å². The highest BCUT2D eigenvalue weighted by atomic mass is 32.1. The fraction of sp³-hybridized carbons (Fsp3) is 0.333. The van der Waals surface area contributed by atoms with Crippen molar-refractivity contribution in [3.05, 3.63) is 84.1 Å². The molecule has 0 bridgehead atoms. The molecule has 33 heavy (non-hydrogen) atoms. The number of aryl methyl sites for hydroxylation is 2. The second-order valence-corrected chi connectivity index (χ2v) is 9.89. The van der Waals surface area contributed by atoms with Crippen LogP contribution in [0.1, 0.15) is 57.3 Å². The molecular formula is C24H26N4O4S. The minimum Gasteiger partial charge on any atom is -0.478 e. The molecule has 9 heteroatoms. The molecule has 4 rings (SSSR count). The fourth-order valence-corrected chi connectivity index (χ4v) is 5.82. The Balaban J connectivity index is 2.16. The second-order valence-electron chi connectivity index (χ2n) is 8.86. The smallest absolute Gasteiger partial charge is 0.337 e. The first kappa shape index (κ1) is 22.7. The van der Waals surface area contributed by atoms with E-state index in [0.717, 1.165) is 26.8 Å². The lowest BCUT2D eigenvalue weighted by Crippen LogP contribution is -2.38. The van der Waals surface area contributed by atoms with Gasteiger partial charge in [0.25, 0.3) is 5.56 Å². The number of rotatable bonds is 6. The maximum atomic E-state index is 13.2. The number of carboxylic acids is 1. The number of aromatic carboxylic acids is 1. The Morgan fingerprint density at radius 1 is 1.15 bits per heavy atom. The van der Waals surface area contributed by atoms with Crippen LogP contribution in [-0.4, -0.2) is 30.4 Å². The molecule has 3 aromatic heterocycles. The summed E-state index contributed by atoms with van der Waals surface area (Å²) in [5, 5.41) is 17.2. The van der Waals surface area contributed by atoms with Crippen LogP contribution < -0.4 is 11.2 Å². The van der Waals surface area contributed by atoms with E-state index in [1.165, 1.54) is 23.0 Å². The second kappa shape index (κ2) is 8.47. The van der Waals surface area contributed by atoms with E-state index in [9.17, 15) is 19.5 Å². The number of thiophene rings is 1. The van der Waals surface area contributed by atoms with Gasteiger partial charge in [0.15, 0.2) is 0 Å². The average Bonchev–Trinajstić information content (AvgIpc) is 3.38. The molecule has 3 heterocycles. The van der Waals surface area contributed by atoms with Gasteiger partial charge in [0.1, 0.15) is 4.83 Å². The van der Waals surface area contributed by atoms with Gasteiger partial charge in [-0.05, 0) is 25.3 Å². The Hall–Kier alpha value is -3.46. The molecule has 1 atom stereocenters. The molecule has 0 spiro atoms.